The van der Waals surface area contributed by atoms with Gasteiger partial charge in [0.05, 0.1) is 16.8 Å². The molecule has 2 aromatic rings. The fourth-order valence-electron chi connectivity index (χ4n) is 4.59. The van der Waals surface area contributed by atoms with E-state index in [-0.39, 0.29) is 24.1 Å². The molecular formula is C22H30BNO3. The number of benzene rings is 1. The first kappa shape index (κ1) is 18.8. The van der Waals surface area contributed by atoms with E-state index in [1.54, 1.807) is 6.92 Å². The second-order valence-corrected chi connectivity index (χ2v) is 9.22. The lowest BCUT2D eigenvalue weighted by atomic mass is 9.77. The van der Waals surface area contributed by atoms with Crippen LogP contribution in [0.5, 0.6) is 0 Å². The average Bonchev–Trinajstić information content (AvgIpc) is 3.24. The largest absolute Gasteiger partial charge is 0.512 e. The van der Waals surface area contributed by atoms with Gasteiger partial charge >= 0.3 is 7.12 Å². The molecule has 4 rings (SSSR count). The number of carbonyl (C=O) groups excluding carboxylic acids is 1. The van der Waals surface area contributed by atoms with E-state index in [1.165, 1.54) is 36.6 Å². The third kappa shape index (κ3) is 2.87. The van der Waals surface area contributed by atoms with Gasteiger partial charge in [0.2, 0.25) is 0 Å². The Kier molecular flexibility index (Phi) is 4.32. The lowest BCUT2D eigenvalue weighted by Crippen LogP contribution is -2.41. The Morgan fingerprint density at radius 1 is 1.11 bits per heavy atom. The number of hydrogen-bond donors (Lipinski definition) is 0. The third-order valence-electron chi connectivity index (χ3n) is 6.93. The van der Waals surface area contributed by atoms with Gasteiger partial charge in [-0.2, -0.15) is 0 Å². The molecule has 0 atom stereocenters. The van der Waals surface area contributed by atoms with E-state index in [2.05, 4.69) is 45.4 Å². The maximum atomic E-state index is 11.9. The van der Waals surface area contributed by atoms with Gasteiger partial charge in [-0.1, -0.05) is 25.0 Å². The number of ketones is 1. The molecule has 1 aromatic carbocycles. The van der Waals surface area contributed by atoms with Crippen molar-refractivity contribution in [2.75, 3.05) is 0 Å². The molecule has 0 radical (unpaired) electrons. The van der Waals surface area contributed by atoms with E-state index in [0.717, 1.165) is 16.7 Å². The highest BCUT2D eigenvalue weighted by Crippen LogP contribution is 2.41. The van der Waals surface area contributed by atoms with Crippen LogP contribution in [0, 0.1) is 0 Å². The van der Waals surface area contributed by atoms with Crippen LogP contribution in [0.1, 0.15) is 82.1 Å². The number of aromatic nitrogens is 1. The monoisotopic (exact) mass is 367 g/mol. The Morgan fingerprint density at radius 2 is 1.70 bits per heavy atom. The van der Waals surface area contributed by atoms with Crippen molar-refractivity contribution in [3.05, 3.63) is 29.3 Å². The standard InChI is InChI=1S/C22H30BNO3/c1-14(25)16-11-12-17-18(13-16)24(6)20(19(17)15-9-7-8-10-15)23-26-21(2,3)22(4,5)27-23/h11-13,15H,7-10H2,1-6H3. The number of carbonyl (C=O) groups is 1. The van der Waals surface area contributed by atoms with E-state index in [9.17, 15) is 4.79 Å². The summed E-state index contributed by atoms with van der Waals surface area (Å²) < 4.78 is 15.0. The smallest absolute Gasteiger partial charge is 0.398 e. The zero-order valence-electron chi connectivity index (χ0n) is 17.4. The second kappa shape index (κ2) is 6.21. The molecule has 2 fully saturated rings. The van der Waals surface area contributed by atoms with Crippen LogP contribution in [0.15, 0.2) is 18.2 Å². The van der Waals surface area contributed by atoms with Gasteiger partial charge in [-0.05, 0) is 65.0 Å². The van der Waals surface area contributed by atoms with Crippen molar-refractivity contribution < 1.29 is 14.1 Å². The molecule has 5 heteroatoms. The molecule has 1 aliphatic heterocycles. The van der Waals surface area contributed by atoms with Crippen molar-refractivity contribution in [3.8, 4) is 0 Å². The zero-order chi connectivity index (χ0) is 19.6. The molecule has 2 heterocycles. The predicted octanol–water partition coefficient (Wildman–Crippen LogP) is 4.34. The molecule has 2 aliphatic rings. The number of aryl methyl sites for hydroxylation is 1. The summed E-state index contributed by atoms with van der Waals surface area (Å²) in [5, 5.41) is 1.24. The molecule has 0 unspecified atom stereocenters. The first-order chi connectivity index (χ1) is 12.6. The fourth-order valence-corrected chi connectivity index (χ4v) is 4.59. The second-order valence-electron chi connectivity index (χ2n) is 9.22. The molecule has 0 spiro atoms. The van der Waals surface area contributed by atoms with Crippen LogP contribution in [0.4, 0.5) is 0 Å². The third-order valence-corrected chi connectivity index (χ3v) is 6.93. The Morgan fingerprint density at radius 3 is 2.26 bits per heavy atom. The molecular weight excluding hydrogens is 337 g/mol. The number of nitrogens with zero attached hydrogens (tertiary/aromatic N) is 1. The van der Waals surface area contributed by atoms with Gasteiger partial charge in [-0.15, -0.1) is 0 Å². The minimum atomic E-state index is -0.385. The Hall–Kier alpha value is -1.59. The fraction of sp³-hybridized carbons (Fsp3) is 0.591. The summed E-state index contributed by atoms with van der Waals surface area (Å²) in [6.07, 6.45) is 4.96. The molecule has 1 saturated heterocycles. The van der Waals surface area contributed by atoms with Gasteiger partial charge in [0.15, 0.2) is 5.78 Å². The molecule has 0 bridgehead atoms. The van der Waals surface area contributed by atoms with E-state index in [0.29, 0.717) is 5.92 Å². The molecule has 0 N–H and O–H groups in total. The van der Waals surface area contributed by atoms with Crippen molar-refractivity contribution in [1.29, 1.82) is 0 Å². The average molecular weight is 367 g/mol. The van der Waals surface area contributed by atoms with Crippen molar-refractivity contribution >= 4 is 29.4 Å². The highest BCUT2D eigenvalue weighted by atomic mass is 16.7. The number of hydrogen-bond acceptors (Lipinski definition) is 3. The van der Waals surface area contributed by atoms with Crippen molar-refractivity contribution in [2.24, 2.45) is 7.05 Å². The molecule has 144 valence electrons. The van der Waals surface area contributed by atoms with E-state index in [4.69, 9.17) is 9.31 Å². The van der Waals surface area contributed by atoms with Crippen molar-refractivity contribution in [2.45, 2.75) is 77.4 Å². The summed E-state index contributed by atoms with van der Waals surface area (Å²) in [5.41, 5.74) is 3.59. The molecule has 4 nitrogen and oxygen atoms in total. The normalized spacial score (nSPS) is 22.1. The van der Waals surface area contributed by atoms with E-state index >= 15 is 0 Å². The summed E-state index contributed by atoms with van der Waals surface area (Å²) in [4.78, 5) is 11.9. The van der Waals surface area contributed by atoms with Crippen LogP contribution < -0.4 is 5.59 Å². The summed E-state index contributed by atoms with van der Waals surface area (Å²) in [5.74, 6) is 0.628. The topological polar surface area (TPSA) is 40.5 Å². The van der Waals surface area contributed by atoms with Crippen LogP contribution in [0.2, 0.25) is 0 Å². The van der Waals surface area contributed by atoms with Gasteiger partial charge in [-0.3, -0.25) is 4.79 Å². The summed E-state index contributed by atoms with van der Waals surface area (Å²) in [6, 6.07) is 6.09. The van der Waals surface area contributed by atoms with Crippen LogP contribution >= 0.6 is 0 Å². The Bertz CT molecular complexity index is 890. The summed E-state index contributed by atoms with van der Waals surface area (Å²) in [6.45, 7) is 10.0. The lowest BCUT2D eigenvalue weighted by molar-refractivity contribution is 0.00578. The predicted molar refractivity (Wildman–Crippen MR) is 110 cm³/mol. The molecule has 1 aromatic heterocycles. The van der Waals surface area contributed by atoms with Gasteiger partial charge in [0.1, 0.15) is 0 Å². The van der Waals surface area contributed by atoms with Gasteiger partial charge < -0.3 is 13.9 Å². The minimum Gasteiger partial charge on any atom is -0.398 e. The highest BCUT2D eigenvalue weighted by molar-refractivity contribution is 6.62. The molecule has 1 saturated carbocycles. The number of Topliss-reactive ketones (excluding diaryl/α,β-unsaturated/α-hetero) is 1. The van der Waals surface area contributed by atoms with E-state index < -0.39 is 0 Å². The Labute approximate surface area is 162 Å². The molecule has 27 heavy (non-hydrogen) atoms. The van der Waals surface area contributed by atoms with Crippen LogP contribution in [-0.4, -0.2) is 28.7 Å². The van der Waals surface area contributed by atoms with Gasteiger partial charge in [0.25, 0.3) is 0 Å². The zero-order valence-corrected chi connectivity index (χ0v) is 17.4. The van der Waals surface area contributed by atoms with Gasteiger partial charge in [0, 0.05) is 23.5 Å². The van der Waals surface area contributed by atoms with Crippen LogP contribution in [0.25, 0.3) is 10.9 Å². The first-order valence-corrected chi connectivity index (χ1v) is 10.1. The maximum absolute atomic E-state index is 11.9. The quantitative estimate of drug-likeness (QED) is 0.599. The van der Waals surface area contributed by atoms with Crippen LogP contribution in [-0.2, 0) is 16.4 Å². The van der Waals surface area contributed by atoms with Crippen molar-refractivity contribution in [3.63, 3.8) is 0 Å². The first-order valence-electron chi connectivity index (χ1n) is 10.1. The van der Waals surface area contributed by atoms with Crippen molar-refractivity contribution in [1.82, 2.24) is 4.57 Å². The number of fused-ring (bicyclic) bond motifs is 1. The minimum absolute atomic E-state index is 0.0951. The summed E-state index contributed by atoms with van der Waals surface area (Å²) in [7, 11) is 1.69. The van der Waals surface area contributed by atoms with E-state index in [1.807, 2.05) is 12.1 Å². The Balaban J connectivity index is 1.92. The lowest BCUT2D eigenvalue weighted by Gasteiger charge is -2.32. The maximum Gasteiger partial charge on any atom is 0.512 e. The SMILES string of the molecule is CC(=O)c1ccc2c(C3CCCC3)c(B3OC(C)(C)C(C)(C)O3)n(C)c2c1. The molecule has 1 aliphatic carbocycles. The number of rotatable bonds is 3. The van der Waals surface area contributed by atoms with Crippen LogP contribution in [0.3, 0.4) is 0 Å². The van der Waals surface area contributed by atoms with Gasteiger partial charge in [-0.25, -0.2) is 0 Å². The summed E-state index contributed by atoms with van der Waals surface area (Å²) >= 11 is 0. The molecule has 0 amide bonds. The highest BCUT2D eigenvalue weighted by Gasteiger charge is 2.53.